The van der Waals surface area contributed by atoms with Crippen molar-refractivity contribution in [3.05, 3.63) is 17.3 Å². The molecule has 0 aliphatic heterocycles. The number of pyridine rings is 1. The minimum atomic E-state index is 0.384. The molecule has 0 unspecified atom stereocenters. The molecule has 17 heavy (non-hydrogen) atoms. The molecule has 0 aliphatic carbocycles. The topological polar surface area (TPSA) is 66.6 Å². The third-order valence-electron chi connectivity index (χ3n) is 1.95. The van der Waals surface area contributed by atoms with Crippen molar-refractivity contribution in [2.24, 2.45) is 0 Å². The van der Waals surface area contributed by atoms with Crippen molar-refractivity contribution in [3.8, 4) is 5.88 Å². The highest BCUT2D eigenvalue weighted by molar-refractivity contribution is 6.30. The predicted molar refractivity (Wildman–Crippen MR) is 66.5 cm³/mol. The van der Waals surface area contributed by atoms with E-state index in [0.717, 1.165) is 6.42 Å². The van der Waals surface area contributed by atoms with Gasteiger partial charge in [-0.15, -0.1) is 0 Å². The van der Waals surface area contributed by atoms with Crippen molar-refractivity contribution in [1.82, 2.24) is 4.98 Å². The van der Waals surface area contributed by atoms with Gasteiger partial charge in [0.1, 0.15) is 6.61 Å². The molecule has 1 aromatic heterocycles. The van der Waals surface area contributed by atoms with E-state index >= 15 is 0 Å². The summed E-state index contributed by atoms with van der Waals surface area (Å²) < 4.78 is 15.6. The average Bonchev–Trinajstić information content (AvgIpc) is 2.30. The van der Waals surface area contributed by atoms with Gasteiger partial charge >= 0.3 is 0 Å². The quantitative estimate of drug-likeness (QED) is 0.722. The molecule has 96 valence electrons. The number of hydrogen-bond donors (Lipinski definition) is 1. The summed E-state index contributed by atoms with van der Waals surface area (Å²) in [5, 5.41) is 0.491. The molecule has 1 aromatic rings. The summed E-state index contributed by atoms with van der Waals surface area (Å²) in [6.45, 7) is 2.26. The Balaban J connectivity index is 2.14. The maximum absolute atomic E-state index is 5.71. The van der Waals surface area contributed by atoms with E-state index in [1.54, 1.807) is 13.2 Å². The van der Waals surface area contributed by atoms with E-state index in [0.29, 0.717) is 43.0 Å². The van der Waals surface area contributed by atoms with Crippen molar-refractivity contribution in [2.45, 2.75) is 6.42 Å². The molecule has 0 saturated carbocycles. The van der Waals surface area contributed by atoms with Gasteiger partial charge in [0.25, 0.3) is 0 Å². The van der Waals surface area contributed by atoms with Crippen LogP contribution < -0.4 is 10.5 Å². The van der Waals surface area contributed by atoms with Gasteiger partial charge in [-0.1, -0.05) is 11.6 Å². The standard InChI is InChI=1S/C11H17ClN2O3/c1-15-3-2-4-16-5-6-17-11-10(13)7-9(12)8-14-11/h7-8H,2-6,13H2,1H3. The van der Waals surface area contributed by atoms with E-state index in [2.05, 4.69) is 4.98 Å². The molecule has 0 aliphatic rings. The summed E-state index contributed by atoms with van der Waals surface area (Å²) in [7, 11) is 1.66. The molecule has 0 fully saturated rings. The number of anilines is 1. The molecule has 0 amide bonds. The van der Waals surface area contributed by atoms with Crippen LogP contribution in [-0.2, 0) is 9.47 Å². The summed E-state index contributed by atoms with van der Waals surface area (Å²) in [5.74, 6) is 0.384. The zero-order valence-corrected chi connectivity index (χ0v) is 10.6. The van der Waals surface area contributed by atoms with Gasteiger partial charge in [0, 0.05) is 26.5 Å². The maximum atomic E-state index is 5.71. The monoisotopic (exact) mass is 260 g/mol. The number of ether oxygens (including phenoxy) is 3. The number of methoxy groups -OCH3 is 1. The molecule has 6 heteroatoms. The van der Waals surface area contributed by atoms with Crippen LogP contribution in [0.25, 0.3) is 0 Å². The van der Waals surface area contributed by atoms with Gasteiger partial charge in [0.2, 0.25) is 5.88 Å². The molecular weight excluding hydrogens is 244 g/mol. The van der Waals surface area contributed by atoms with Crippen LogP contribution in [0.15, 0.2) is 12.3 Å². The third-order valence-corrected chi connectivity index (χ3v) is 2.16. The zero-order chi connectivity index (χ0) is 12.5. The highest BCUT2D eigenvalue weighted by Crippen LogP contribution is 2.21. The Hall–Kier alpha value is -1.04. The first kappa shape index (κ1) is 14.0. The van der Waals surface area contributed by atoms with Crippen LogP contribution >= 0.6 is 11.6 Å². The number of nitrogen functional groups attached to an aromatic ring is 1. The number of aromatic nitrogens is 1. The normalized spacial score (nSPS) is 10.5. The fourth-order valence-corrected chi connectivity index (χ4v) is 1.33. The lowest BCUT2D eigenvalue weighted by atomic mass is 10.4. The molecule has 0 atom stereocenters. The first-order valence-electron chi connectivity index (χ1n) is 5.34. The van der Waals surface area contributed by atoms with Crippen molar-refractivity contribution in [1.29, 1.82) is 0 Å². The van der Waals surface area contributed by atoms with E-state index in [9.17, 15) is 0 Å². The molecule has 2 N–H and O–H groups in total. The van der Waals surface area contributed by atoms with Gasteiger partial charge in [0.05, 0.1) is 17.3 Å². The Kier molecular flexibility index (Phi) is 6.69. The largest absolute Gasteiger partial charge is 0.474 e. The Bertz CT molecular complexity index is 336. The van der Waals surface area contributed by atoms with Gasteiger partial charge in [-0.2, -0.15) is 0 Å². The molecule has 0 radical (unpaired) electrons. The Morgan fingerprint density at radius 1 is 1.29 bits per heavy atom. The molecular formula is C11H17ClN2O3. The minimum Gasteiger partial charge on any atom is -0.474 e. The third kappa shape index (κ3) is 5.72. The first-order chi connectivity index (χ1) is 8.24. The number of nitrogens with zero attached hydrogens (tertiary/aromatic N) is 1. The Morgan fingerprint density at radius 2 is 2.12 bits per heavy atom. The smallest absolute Gasteiger partial charge is 0.237 e. The van der Waals surface area contributed by atoms with Gasteiger partial charge < -0.3 is 19.9 Å². The molecule has 1 rings (SSSR count). The van der Waals surface area contributed by atoms with Crippen LogP contribution in [0.1, 0.15) is 6.42 Å². The van der Waals surface area contributed by atoms with Crippen LogP contribution in [0.2, 0.25) is 5.02 Å². The van der Waals surface area contributed by atoms with Crippen molar-refractivity contribution >= 4 is 17.3 Å². The lowest BCUT2D eigenvalue weighted by Gasteiger charge is -2.08. The lowest BCUT2D eigenvalue weighted by Crippen LogP contribution is -2.10. The molecule has 1 heterocycles. The molecule has 0 spiro atoms. The molecule has 0 aromatic carbocycles. The van der Waals surface area contributed by atoms with Crippen molar-refractivity contribution < 1.29 is 14.2 Å². The minimum absolute atomic E-state index is 0.384. The Morgan fingerprint density at radius 3 is 2.82 bits per heavy atom. The van der Waals surface area contributed by atoms with Gasteiger partial charge in [-0.25, -0.2) is 4.98 Å². The van der Waals surface area contributed by atoms with Crippen LogP contribution in [-0.4, -0.2) is 38.5 Å². The van der Waals surface area contributed by atoms with Crippen LogP contribution in [0, 0.1) is 0 Å². The van der Waals surface area contributed by atoms with E-state index in [1.807, 2.05) is 0 Å². The second-order valence-corrected chi connectivity index (χ2v) is 3.79. The summed E-state index contributed by atoms with van der Waals surface area (Å²) in [5.41, 5.74) is 6.10. The fraction of sp³-hybridized carbons (Fsp3) is 0.545. The second-order valence-electron chi connectivity index (χ2n) is 3.36. The summed E-state index contributed by atoms with van der Waals surface area (Å²) in [6.07, 6.45) is 2.37. The summed E-state index contributed by atoms with van der Waals surface area (Å²) in [4.78, 5) is 3.97. The molecule has 5 nitrogen and oxygen atoms in total. The fourth-order valence-electron chi connectivity index (χ4n) is 1.17. The number of hydrogen-bond acceptors (Lipinski definition) is 5. The van der Waals surface area contributed by atoms with Gasteiger partial charge in [-0.3, -0.25) is 0 Å². The maximum Gasteiger partial charge on any atom is 0.237 e. The van der Waals surface area contributed by atoms with Gasteiger partial charge in [-0.05, 0) is 12.5 Å². The predicted octanol–water partition coefficient (Wildman–Crippen LogP) is 1.75. The second kappa shape index (κ2) is 8.11. The van der Waals surface area contributed by atoms with Crippen molar-refractivity contribution in [3.63, 3.8) is 0 Å². The van der Waals surface area contributed by atoms with Crippen LogP contribution in [0.5, 0.6) is 5.88 Å². The number of rotatable bonds is 8. The summed E-state index contributed by atoms with van der Waals surface area (Å²) >= 11 is 5.71. The van der Waals surface area contributed by atoms with E-state index in [1.165, 1.54) is 6.20 Å². The molecule has 0 bridgehead atoms. The molecule has 0 saturated heterocycles. The van der Waals surface area contributed by atoms with E-state index in [-0.39, 0.29) is 0 Å². The van der Waals surface area contributed by atoms with E-state index in [4.69, 9.17) is 31.5 Å². The Labute approximate surface area is 106 Å². The van der Waals surface area contributed by atoms with Crippen LogP contribution in [0.4, 0.5) is 5.69 Å². The number of nitrogens with two attached hydrogens (primary N) is 1. The SMILES string of the molecule is COCCCOCCOc1ncc(Cl)cc1N. The van der Waals surface area contributed by atoms with Crippen LogP contribution in [0.3, 0.4) is 0 Å². The number of halogens is 1. The zero-order valence-electron chi connectivity index (χ0n) is 9.82. The highest BCUT2D eigenvalue weighted by Gasteiger charge is 2.02. The summed E-state index contributed by atoms with van der Waals surface area (Å²) in [6, 6.07) is 1.60. The van der Waals surface area contributed by atoms with Crippen molar-refractivity contribution in [2.75, 3.05) is 39.3 Å². The van der Waals surface area contributed by atoms with Gasteiger partial charge in [0.15, 0.2) is 0 Å². The highest BCUT2D eigenvalue weighted by atomic mass is 35.5. The van der Waals surface area contributed by atoms with E-state index < -0.39 is 0 Å². The first-order valence-corrected chi connectivity index (χ1v) is 5.72. The average molecular weight is 261 g/mol. The lowest BCUT2D eigenvalue weighted by molar-refractivity contribution is 0.0797.